The molecule has 1 aromatic heterocycles. The second-order valence-corrected chi connectivity index (χ2v) is 5.96. The van der Waals surface area contributed by atoms with Crippen molar-refractivity contribution in [2.24, 2.45) is 0 Å². The number of benzene rings is 2. The van der Waals surface area contributed by atoms with Crippen molar-refractivity contribution in [2.45, 2.75) is 20.0 Å². The highest BCUT2D eigenvalue weighted by molar-refractivity contribution is 7.13. The Hall–Kier alpha value is -1.97. The second kappa shape index (κ2) is 6.66. The Balaban J connectivity index is 1.59. The molecule has 3 heteroatoms. The van der Waals surface area contributed by atoms with Crippen LogP contribution in [-0.4, -0.2) is 4.98 Å². The zero-order chi connectivity index (χ0) is 14.5. The lowest BCUT2D eigenvalue weighted by molar-refractivity contribution is 0.683. The summed E-state index contributed by atoms with van der Waals surface area (Å²) in [4.78, 5) is 4.70. The van der Waals surface area contributed by atoms with E-state index in [1.807, 2.05) is 6.07 Å². The van der Waals surface area contributed by atoms with E-state index in [1.54, 1.807) is 11.3 Å². The Kier molecular flexibility index (Phi) is 4.43. The Labute approximate surface area is 129 Å². The van der Waals surface area contributed by atoms with Crippen LogP contribution in [0, 0.1) is 6.92 Å². The fraction of sp³-hybridized carbons (Fsp3) is 0.167. The molecule has 0 unspecified atom stereocenters. The summed E-state index contributed by atoms with van der Waals surface area (Å²) in [5.74, 6) is 0. The van der Waals surface area contributed by atoms with E-state index in [0.717, 1.165) is 23.8 Å². The SMILES string of the molecule is Cc1ccc(-c2nc(CNCc3ccccc3)cs2)cc1. The van der Waals surface area contributed by atoms with Gasteiger partial charge in [-0.25, -0.2) is 4.98 Å². The van der Waals surface area contributed by atoms with Gasteiger partial charge in [-0.05, 0) is 12.5 Å². The van der Waals surface area contributed by atoms with E-state index < -0.39 is 0 Å². The van der Waals surface area contributed by atoms with Crippen LogP contribution in [0.2, 0.25) is 0 Å². The summed E-state index contributed by atoms with van der Waals surface area (Å²) < 4.78 is 0. The molecule has 0 amide bonds. The number of rotatable bonds is 5. The first-order chi connectivity index (χ1) is 10.3. The Bertz CT molecular complexity index is 687. The van der Waals surface area contributed by atoms with Crippen molar-refractivity contribution >= 4 is 11.3 Å². The molecule has 0 bridgehead atoms. The van der Waals surface area contributed by atoms with E-state index in [4.69, 9.17) is 4.98 Å². The maximum atomic E-state index is 4.70. The highest BCUT2D eigenvalue weighted by atomic mass is 32.1. The summed E-state index contributed by atoms with van der Waals surface area (Å²) in [6.45, 7) is 3.78. The topological polar surface area (TPSA) is 24.9 Å². The van der Waals surface area contributed by atoms with Crippen molar-refractivity contribution in [1.82, 2.24) is 10.3 Å². The molecule has 2 nitrogen and oxygen atoms in total. The third-order valence-corrected chi connectivity index (χ3v) is 4.27. The summed E-state index contributed by atoms with van der Waals surface area (Å²) in [6.07, 6.45) is 0. The van der Waals surface area contributed by atoms with Gasteiger partial charge in [0.2, 0.25) is 0 Å². The van der Waals surface area contributed by atoms with Crippen LogP contribution in [0.1, 0.15) is 16.8 Å². The zero-order valence-electron chi connectivity index (χ0n) is 12.0. The number of hydrogen-bond acceptors (Lipinski definition) is 3. The lowest BCUT2D eigenvalue weighted by Gasteiger charge is -2.02. The van der Waals surface area contributed by atoms with Gasteiger partial charge in [0.25, 0.3) is 0 Å². The number of thiazole rings is 1. The maximum Gasteiger partial charge on any atom is 0.123 e. The molecule has 0 aliphatic heterocycles. The van der Waals surface area contributed by atoms with Crippen LogP contribution in [0.25, 0.3) is 10.6 Å². The number of aromatic nitrogens is 1. The first-order valence-corrected chi connectivity index (χ1v) is 7.95. The van der Waals surface area contributed by atoms with Crippen molar-refractivity contribution in [1.29, 1.82) is 0 Å². The Morgan fingerprint density at radius 3 is 2.48 bits per heavy atom. The molecule has 3 rings (SSSR count). The van der Waals surface area contributed by atoms with Crippen molar-refractivity contribution < 1.29 is 0 Å². The molecule has 0 fully saturated rings. The maximum absolute atomic E-state index is 4.70. The highest BCUT2D eigenvalue weighted by Gasteiger charge is 2.04. The number of nitrogens with zero attached hydrogens (tertiary/aromatic N) is 1. The molecule has 0 saturated heterocycles. The fourth-order valence-corrected chi connectivity index (χ4v) is 2.97. The van der Waals surface area contributed by atoms with Gasteiger partial charge in [-0.15, -0.1) is 11.3 Å². The van der Waals surface area contributed by atoms with Crippen LogP contribution in [0.5, 0.6) is 0 Å². The van der Waals surface area contributed by atoms with Crippen LogP contribution in [0.15, 0.2) is 60.0 Å². The minimum absolute atomic E-state index is 0.803. The van der Waals surface area contributed by atoms with Gasteiger partial charge < -0.3 is 5.32 Å². The van der Waals surface area contributed by atoms with E-state index in [-0.39, 0.29) is 0 Å². The first kappa shape index (κ1) is 14.0. The largest absolute Gasteiger partial charge is 0.307 e. The predicted molar refractivity (Wildman–Crippen MR) is 89.3 cm³/mol. The average molecular weight is 294 g/mol. The van der Waals surface area contributed by atoms with Gasteiger partial charge in [-0.3, -0.25) is 0 Å². The smallest absolute Gasteiger partial charge is 0.123 e. The Morgan fingerprint density at radius 2 is 1.71 bits per heavy atom. The molecular weight excluding hydrogens is 276 g/mol. The van der Waals surface area contributed by atoms with Crippen LogP contribution in [0.3, 0.4) is 0 Å². The highest BCUT2D eigenvalue weighted by Crippen LogP contribution is 2.23. The summed E-state index contributed by atoms with van der Waals surface area (Å²) >= 11 is 1.70. The minimum Gasteiger partial charge on any atom is -0.307 e. The molecule has 0 radical (unpaired) electrons. The lowest BCUT2D eigenvalue weighted by Crippen LogP contribution is -2.12. The summed E-state index contributed by atoms with van der Waals surface area (Å²) in [5, 5.41) is 6.66. The van der Waals surface area contributed by atoms with Crippen molar-refractivity contribution in [3.8, 4) is 10.6 Å². The molecule has 1 N–H and O–H groups in total. The van der Waals surface area contributed by atoms with Gasteiger partial charge in [0, 0.05) is 24.0 Å². The van der Waals surface area contributed by atoms with Gasteiger partial charge in [0.05, 0.1) is 5.69 Å². The standard InChI is InChI=1S/C18H18N2S/c1-14-7-9-16(10-8-14)18-20-17(13-21-18)12-19-11-15-5-3-2-4-6-15/h2-10,13,19H,11-12H2,1H3. The quantitative estimate of drug-likeness (QED) is 0.754. The zero-order valence-corrected chi connectivity index (χ0v) is 12.9. The molecular formula is C18H18N2S. The molecule has 3 aromatic rings. The third-order valence-electron chi connectivity index (χ3n) is 3.33. The molecule has 106 valence electrons. The normalized spacial score (nSPS) is 10.7. The van der Waals surface area contributed by atoms with E-state index in [2.05, 4.69) is 66.2 Å². The number of hydrogen-bond donors (Lipinski definition) is 1. The van der Waals surface area contributed by atoms with E-state index in [0.29, 0.717) is 0 Å². The first-order valence-electron chi connectivity index (χ1n) is 7.07. The van der Waals surface area contributed by atoms with Crippen molar-refractivity contribution in [3.63, 3.8) is 0 Å². The van der Waals surface area contributed by atoms with Crippen LogP contribution >= 0.6 is 11.3 Å². The molecule has 0 spiro atoms. The molecule has 0 aliphatic carbocycles. The number of aryl methyl sites for hydroxylation is 1. The van der Waals surface area contributed by atoms with Gasteiger partial charge >= 0.3 is 0 Å². The molecule has 2 aromatic carbocycles. The minimum atomic E-state index is 0.803. The molecule has 0 saturated carbocycles. The van der Waals surface area contributed by atoms with Crippen molar-refractivity contribution in [2.75, 3.05) is 0 Å². The number of nitrogens with one attached hydrogen (secondary N) is 1. The third kappa shape index (κ3) is 3.78. The van der Waals surface area contributed by atoms with Crippen LogP contribution in [-0.2, 0) is 13.1 Å². The predicted octanol–water partition coefficient (Wildman–Crippen LogP) is 4.41. The van der Waals surface area contributed by atoms with E-state index >= 15 is 0 Å². The molecule has 21 heavy (non-hydrogen) atoms. The van der Waals surface area contributed by atoms with Crippen LogP contribution in [0.4, 0.5) is 0 Å². The van der Waals surface area contributed by atoms with E-state index in [1.165, 1.54) is 16.7 Å². The molecule has 0 aliphatic rings. The van der Waals surface area contributed by atoms with E-state index in [9.17, 15) is 0 Å². The fourth-order valence-electron chi connectivity index (χ4n) is 2.15. The van der Waals surface area contributed by atoms with Gasteiger partial charge in [0.1, 0.15) is 5.01 Å². The Morgan fingerprint density at radius 1 is 0.952 bits per heavy atom. The lowest BCUT2D eigenvalue weighted by atomic mass is 10.2. The van der Waals surface area contributed by atoms with Crippen LogP contribution < -0.4 is 5.32 Å². The average Bonchev–Trinajstić information content (AvgIpc) is 2.98. The monoisotopic (exact) mass is 294 g/mol. The van der Waals surface area contributed by atoms with Crippen molar-refractivity contribution in [3.05, 3.63) is 76.8 Å². The second-order valence-electron chi connectivity index (χ2n) is 5.10. The molecule has 0 atom stereocenters. The summed E-state index contributed by atoms with van der Waals surface area (Å²) in [6, 6.07) is 19.0. The summed E-state index contributed by atoms with van der Waals surface area (Å²) in [7, 11) is 0. The van der Waals surface area contributed by atoms with Gasteiger partial charge in [-0.1, -0.05) is 60.2 Å². The molecule has 1 heterocycles. The van der Waals surface area contributed by atoms with Gasteiger partial charge in [0.15, 0.2) is 0 Å². The van der Waals surface area contributed by atoms with Gasteiger partial charge in [-0.2, -0.15) is 0 Å². The summed E-state index contributed by atoms with van der Waals surface area (Å²) in [5.41, 5.74) is 4.87.